The van der Waals surface area contributed by atoms with Gasteiger partial charge < -0.3 is 9.47 Å². The Morgan fingerprint density at radius 1 is 0.486 bits per heavy atom. The maximum absolute atomic E-state index is 13.9. The number of fused-ring (bicyclic) bond motifs is 3. The third kappa shape index (κ3) is 4.58. The zero-order valence-corrected chi connectivity index (χ0v) is 18.9. The number of hydrogen-bond acceptors (Lipinski definition) is 2. The standard InChI is InChI=1S/C29H16F6O2/c30-26(31)28(34)36-23-11-5-3-9-19(23)20-14-13-18-17-8-2-1-7-16(17)15-22(18)25(20)21-10-4-6-12-24(21)37-29(35)27(32)33/h1-14H,15H2. The van der Waals surface area contributed by atoms with E-state index in [1.807, 2.05) is 30.3 Å². The van der Waals surface area contributed by atoms with Crippen LogP contribution < -0.4 is 9.47 Å². The Kier molecular flexibility index (Phi) is 6.48. The van der Waals surface area contributed by atoms with Gasteiger partial charge in [-0.15, -0.1) is 0 Å². The van der Waals surface area contributed by atoms with Crippen LogP contribution in [0.15, 0.2) is 109 Å². The Bertz CT molecular complexity index is 1570. The molecule has 0 saturated heterocycles. The van der Waals surface area contributed by atoms with Gasteiger partial charge >= 0.3 is 24.2 Å². The second-order valence-corrected chi connectivity index (χ2v) is 8.11. The van der Waals surface area contributed by atoms with Crippen molar-refractivity contribution >= 4 is 0 Å². The van der Waals surface area contributed by atoms with Gasteiger partial charge in [-0.05, 0) is 51.9 Å². The quantitative estimate of drug-likeness (QED) is 0.167. The summed E-state index contributed by atoms with van der Waals surface area (Å²) in [5.41, 5.74) is 5.05. The first-order valence-corrected chi connectivity index (χ1v) is 11.1. The second kappa shape index (κ2) is 9.89. The van der Waals surface area contributed by atoms with E-state index in [2.05, 4.69) is 0 Å². The summed E-state index contributed by atoms with van der Waals surface area (Å²) in [7, 11) is 0. The van der Waals surface area contributed by atoms with Crippen LogP contribution in [0.4, 0.5) is 26.3 Å². The molecule has 5 rings (SSSR count). The second-order valence-electron chi connectivity index (χ2n) is 8.11. The molecule has 4 aromatic carbocycles. The highest BCUT2D eigenvalue weighted by atomic mass is 19.3. The molecular weight excluding hydrogens is 494 g/mol. The van der Waals surface area contributed by atoms with Crippen LogP contribution in [0, 0.1) is 0 Å². The molecule has 0 bridgehead atoms. The van der Waals surface area contributed by atoms with E-state index in [9.17, 15) is 26.3 Å². The Balaban J connectivity index is 1.79. The van der Waals surface area contributed by atoms with Crippen molar-refractivity contribution in [1.29, 1.82) is 0 Å². The van der Waals surface area contributed by atoms with Gasteiger partial charge in [-0.25, -0.2) is 0 Å². The highest BCUT2D eigenvalue weighted by molar-refractivity contribution is 5.96. The molecule has 0 aromatic heterocycles. The largest absolute Gasteiger partial charge is 0.427 e. The number of halogens is 6. The number of para-hydroxylation sites is 2. The molecule has 186 valence electrons. The molecule has 0 aliphatic heterocycles. The van der Waals surface area contributed by atoms with Crippen molar-refractivity contribution in [3.63, 3.8) is 0 Å². The average Bonchev–Trinajstić information content (AvgIpc) is 3.27. The van der Waals surface area contributed by atoms with E-state index in [1.165, 1.54) is 24.3 Å². The molecule has 0 amide bonds. The summed E-state index contributed by atoms with van der Waals surface area (Å²) in [6.07, 6.45) is -4.78. The summed E-state index contributed by atoms with van der Waals surface area (Å²) >= 11 is 0. The topological polar surface area (TPSA) is 18.5 Å². The molecule has 0 N–H and O–H groups in total. The first-order chi connectivity index (χ1) is 17.8. The summed E-state index contributed by atoms with van der Waals surface area (Å²) in [4.78, 5) is 0. The van der Waals surface area contributed by atoms with E-state index < -0.39 is 24.2 Å². The molecule has 8 heteroatoms. The van der Waals surface area contributed by atoms with Crippen LogP contribution in [0.25, 0.3) is 33.4 Å². The monoisotopic (exact) mass is 510 g/mol. The molecule has 1 aliphatic rings. The lowest BCUT2D eigenvalue weighted by Crippen LogP contribution is -1.99. The van der Waals surface area contributed by atoms with Crippen molar-refractivity contribution in [3.05, 3.63) is 120 Å². The third-order valence-corrected chi connectivity index (χ3v) is 6.02. The smallest absolute Gasteiger partial charge is 0.344 e. The minimum absolute atomic E-state index is 0.183. The zero-order chi connectivity index (χ0) is 26.1. The first kappa shape index (κ1) is 24.2. The predicted octanol–water partition coefficient (Wildman–Crippen LogP) is 9.42. The number of benzene rings is 4. The van der Waals surface area contributed by atoms with Gasteiger partial charge in [0.25, 0.3) is 0 Å². The van der Waals surface area contributed by atoms with Crippen molar-refractivity contribution in [3.8, 4) is 44.9 Å². The van der Waals surface area contributed by atoms with E-state index in [0.717, 1.165) is 22.3 Å². The minimum atomic E-state index is -2.62. The van der Waals surface area contributed by atoms with Gasteiger partial charge in [0.15, 0.2) is 0 Å². The summed E-state index contributed by atoms with van der Waals surface area (Å²) in [5, 5.41) is 0. The molecule has 0 heterocycles. The van der Waals surface area contributed by atoms with Crippen LogP contribution in [0.3, 0.4) is 0 Å². The summed E-state index contributed by atoms with van der Waals surface area (Å²) in [6, 6.07) is 19.1. The lowest BCUT2D eigenvalue weighted by atomic mass is 9.87. The molecule has 0 spiro atoms. The van der Waals surface area contributed by atoms with Crippen molar-refractivity contribution in [2.45, 2.75) is 6.42 Å². The lowest BCUT2D eigenvalue weighted by molar-refractivity contribution is 0.241. The van der Waals surface area contributed by atoms with Crippen LogP contribution in [0.1, 0.15) is 11.1 Å². The van der Waals surface area contributed by atoms with Gasteiger partial charge in [-0.3, -0.25) is 0 Å². The van der Waals surface area contributed by atoms with Gasteiger partial charge in [0.05, 0.1) is 0 Å². The van der Waals surface area contributed by atoms with E-state index in [1.54, 1.807) is 30.3 Å². The van der Waals surface area contributed by atoms with Crippen LogP contribution in [-0.4, -0.2) is 0 Å². The Labute approximate surface area is 207 Å². The molecule has 1 aliphatic carbocycles. The Hall–Kier alpha value is -4.46. The maximum atomic E-state index is 13.9. The van der Waals surface area contributed by atoms with Crippen LogP contribution in [0.2, 0.25) is 0 Å². The predicted molar refractivity (Wildman–Crippen MR) is 128 cm³/mol. The van der Waals surface area contributed by atoms with Crippen LogP contribution in [0.5, 0.6) is 11.5 Å². The lowest BCUT2D eigenvalue weighted by Gasteiger charge is -2.19. The number of hydrogen-bond donors (Lipinski definition) is 0. The summed E-state index contributed by atoms with van der Waals surface area (Å²) < 4.78 is 88.8. The van der Waals surface area contributed by atoms with E-state index in [-0.39, 0.29) is 22.6 Å². The van der Waals surface area contributed by atoms with Gasteiger partial charge in [0, 0.05) is 11.1 Å². The summed E-state index contributed by atoms with van der Waals surface area (Å²) in [5.74, 6) is -0.374. The molecule has 0 fully saturated rings. The van der Waals surface area contributed by atoms with Crippen molar-refractivity contribution in [2.24, 2.45) is 0 Å². The molecule has 2 nitrogen and oxygen atoms in total. The van der Waals surface area contributed by atoms with Gasteiger partial charge in [0.2, 0.25) is 0 Å². The van der Waals surface area contributed by atoms with Gasteiger partial charge in [-0.2, -0.15) is 26.3 Å². The van der Waals surface area contributed by atoms with Crippen LogP contribution >= 0.6 is 0 Å². The van der Waals surface area contributed by atoms with Crippen molar-refractivity contribution in [1.82, 2.24) is 0 Å². The Morgan fingerprint density at radius 3 is 1.59 bits per heavy atom. The van der Waals surface area contributed by atoms with Gasteiger partial charge in [0.1, 0.15) is 11.5 Å². The third-order valence-electron chi connectivity index (χ3n) is 6.02. The van der Waals surface area contributed by atoms with E-state index in [4.69, 9.17) is 9.47 Å². The zero-order valence-electron chi connectivity index (χ0n) is 18.9. The van der Waals surface area contributed by atoms with E-state index in [0.29, 0.717) is 17.5 Å². The first-order valence-electron chi connectivity index (χ1n) is 11.1. The molecule has 37 heavy (non-hydrogen) atoms. The molecule has 0 unspecified atom stereocenters. The molecule has 0 atom stereocenters. The van der Waals surface area contributed by atoms with Crippen molar-refractivity contribution in [2.75, 3.05) is 0 Å². The fourth-order valence-electron chi connectivity index (χ4n) is 4.55. The number of ether oxygens (including phenoxy) is 2. The molecular formula is C29H16F6O2. The number of rotatable bonds is 6. The molecule has 0 radical (unpaired) electrons. The van der Waals surface area contributed by atoms with Gasteiger partial charge in [-0.1, -0.05) is 72.8 Å². The fourth-order valence-corrected chi connectivity index (χ4v) is 4.55. The maximum Gasteiger partial charge on any atom is 0.344 e. The SMILES string of the molecule is FC(F)=C(F)Oc1ccccc1-c1ccc2c(c1-c1ccccc1OC(F)=C(F)F)Cc1ccccc1-2. The summed E-state index contributed by atoms with van der Waals surface area (Å²) in [6.45, 7) is 0. The normalized spacial score (nSPS) is 11.4. The van der Waals surface area contributed by atoms with Crippen molar-refractivity contribution < 1.29 is 35.8 Å². The average molecular weight is 510 g/mol. The molecule has 0 saturated carbocycles. The Morgan fingerprint density at radius 2 is 0.973 bits per heavy atom. The fraction of sp³-hybridized carbons (Fsp3) is 0.0345. The highest BCUT2D eigenvalue weighted by Gasteiger charge is 2.27. The van der Waals surface area contributed by atoms with Crippen LogP contribution in [-0.2, 0) is 6.42 Å². The highest BCUT2D eigenvalue weighted by Crippen LogP contribution is 2.49. The van der Waals surface area contributed by atoms with E-state index >= 15 is 0 Å². The molecule has 4 aromatic rings. The minimum Gasteiger partial charge on any atom is -0.427 e.